The van der Waals surface area contributed by atoms with Gasteiger partial charge in [0.15, 0.2) is 29.3 Å². The Morgan fingerprint density at radius 3 is 2.64 bits per heavy atom. The van der Waals surface area contributed by atoms with Crippen molar-refractivity contribution in [2.24, 2.45) is 0 Å². The summed E-state index contributed by atoms with van der Waals surface area (Å²) in [5, 5.41) is 3.41. The Bertz CT molecular complexity index is 919. The van der Waals surface area contributed by atoms with Crippen molar-refractivity contribution in [2.45, 2.75) is 6.42 Å². The molecule has 3 aliphatic rings. The number of nitrogens with one attached hydrogen (secondary N) is 1. The number of rotatable bonds is 2. The van der Waals surface area contributed by atoms with E-state index in [-0.39, 0.29) is 13.6 Å². The molecule has 0 bridgehead atoms. The Morgan fingerprint density at radius 2 is 1.76 bits per heavy atom. The summed E-state index contributed by atoms with van der Waals surface area (Å²) in [4.78, 5) is 11.6. The first-order valence-corrected chi connectivity index (χ1v) is 8.10. The van der Waals surface area contributed by atoms with Gasteiger partial charge in [-0.3, -0.25) is 4.79 Å². The fraction of sp³-hybridized carbons (Fsp3) is 0.211. The van der Waals surface area contributed by atoms with Crippen LogP contribution in [0.5, 0.6) is 23.0 Å². The summed E-state index contributed by atoms with van der Waals surface area (Å²) >= 11 is 0. The van der Waals surface area contributed by atoms with Gasteiger partial charge in [0.1, 0.15) is 0 Å². The lowest BCUT2D eigenvalue weighted by Crippen LogP contribution is -2.22. The molecule has 6 heteroatoms. The SMILES string of the molecule is O=Cc1c(C=C2NCCc3cc4c(cc32)OCO4)ccc2c1OCO2. The fourth-order valence-electron chi connectivity index (χ4n) is 3.41. The molecule has 25 heavy (non-hydrogen) atoms. The van der Waals surface area contributed by atoms with E-state index in [4.69, 9.17) is 18.9 Å². The molecule has 0 unspecified atom stereocenters. The Kier molecular flexibility index (Phi) is 3.09. The predicted molar refractivity (Wildman–Crippen MR) is 90.1 cm³/mol. The van der Waals surface area contributed by atoms with Gasteiger partial charge in [-0.15, -0.1) is 0 Å². The Morgan fingerprint density at radius 1 is 0.960 bits per heavy atom. The zero-order valence-electron chi connectivity index (χ0n) is 13.3. The zero-order chi connectivity index (χ0) is 16.8. The molecule has 0 fully saturated rings. The van der Waals surface area contributed by atoms with Gasteiger partial charge in [0.05, 0.1) is 5.56 Å². The third-order valence-corrected chi connectivity index (χ3v) is 4.63. The van der Waals surface area contributed by atoms with Gasteiger partial charge in [-0.05, 0) is 41.8 Å². The molecule has 2 aromatic carbocycles. The lowest BCUT2D eigenvalue weighted by atomic mass is 9.95. The van der Waals surface area contributed by atoms with Gasteiger partial charge < -0.3 is 24.3 Å². The van der Waals surface area contributed by atoms with Crippen LogP contribution in [-0.4, -0.2) is 26.4 Å². The average molecular weight is 337 g/mol. The summed E-state index contributed by atoms with van der Waals surface area (Å²) in [6.45, 7) is 1.21. The molecule has 0 atom stereocenters. The van der Waals surface area contributed by atoms with Gasteiger partial charge in [-0.1, -0.05) is 6.07 Å². The summed E-state index contributed by atoms with van der Waals surface area (Å²) in [6.07, 6.45) is 3.68. The van der Waals surface area contributed by atoms with Crippen molar-refractivity contribution in [3.05, 3.63) is 46.5 Å². The van der Waals surface area contributed by atoms with Crippen LogP contribution < -0.4 is 24.3 Å². The maximum Gasteiger partial charge on any atom is 0.231 e. The quantitative estimate of drug-likeness (QED) is 0.850. The second-order valence-corrected chi connectivity index (χ2v) is 6.02. The number of hydrogen-bond acceptors (Lipinski definition) is 6. The van der Waals surface area contributed by atoms with E-state index >= 15 is 0 Å². The van der Waals surface area contributed by atoms with Crippen LogP contribution in [0, 0.1) is 0 Å². The highest BCUT2D eigenvalue weighted by atomic mass is 16.7. The zero-order valence-corrected chi connectivity index (χ0v) is 13.3. The molecule has 0 aliphatic carbocycles. The van der Waals surface area contributed by atoms with E-state index in [1.165, 1.54) is 5.56 Å². The predicted octanol–water partition coefficient (Wildman–Crippen LogP) is 2.60. The number of hydrogen-bond donors (Lipinski definition) is 1. The Labute approximate surface area is 144 Å². The highest BCUT2D eigenvalue weighted by molar-refractivity contribution is 5.93. The highest BCUT2D eigenvalue weighted by Crippen LogP contribution is 2.40. The van der Waals surface area contributed by atoms with Gasteiger partial charge >= 0.3 is 0 Å². The molecule has 5 rings (SSSR count). The first-order valence-electron chi connectivity index (χ1n) is 8.10. The molecule has 0 saturated carbocycles. The average Bonchev–Trinajstić information content (AvgIpc) is 3.28. The first kappa shape index (κ1) is 14.2. The van der Waals surface area contributed by atoms with Crippen molar-refractivity contribution in [3.63, 3.8) is 0 Å². The van der Waals surface area contributed by atoms with Crippen LogP contribution in [0.4, 0.5) is 0 Å². The number of ether oxygens (including phenoxy) is 4. The summed E-state index contributed by atoms with van der Waals surface area (Å²) in [5.74, 6) is 2.64. The standard InChI is InChI=1S/C19H15NO5/c21-8-14-11(1-2-16-19(14)25-10-22-16)5-15-13-7-18-17(23-9-24-18)6-12(13)3-4-20-15/h1-2,5-8,20H,3-4,9-10H2. The number of aldehydes is 1. The Balaban J connectivity index is 1.63. The molecule has 0 radical (unpaired) electrons. The minimum absolute atomic E-state index is 0.140. The third kappa shape index (κ3) is 2.21. The highest BCUT2D eigenvalue weighted by Gasteiger charge is 2.23. The second-order valence-electron chi connectivity index (χ2n) is 6.02. The number of carbonyl (C=O) groups excluding carboxylic acids is 1. The van der Waals surface area contributed by atoms with Crippen LogP contribution in [0.2, 0.25) is 0 Å². The van der Waals surface area contributed by atoms with Crippen LogP contribution in [0.3, 0.4) is 0 Å². The summed E-state index contributed by atoms with van der Waals surface area (Å²) in [7, 11) is 0. The molecular weight excluding hydrogens is 322 g/mol. The van der Waals surface area contributed by atoms with Crippen molar-refractivity contribution in [1.82, 2.24) is 5.32 Å². The molecule has 6 nitrogen and oxygen atoms in total. The minimum Gasteiger partial charge on any atom is -0.454 e. The number of carbonyl (C=O) groups is 1. The molecule has 0 aromatic heterocycles. The maximum absolute atomic E-state index is 11.6. The van der Waals surface area contributed by atoms with E-state index < -0.39 is 0 Å². The van der Waals surface area contributed by atoms with Gasteiger partial charge in [0, 0.05) is 17.8 Å². The number of benzene rings is 2. The summed E-state index contributed by atoms with van der Waals surface area (Å²) in [6, 6.07) is 7.72. The van der Waals surface area contributed by atoms with Crippen molar-refractivity contribution < 1.29 is 23.7 Å². The first-order chi connectivity index (χ1) is 12.3. The van der Waals surface area contributed by atoms with Gasteiger partial charge in [0.25, 0.3) is 0 Å². The molecule has 3 aliphatic heterocycles. The van der Waals surface area contributed by atoms with Crippen molar-refractivity contribution in [3.8, 4) is 23.0 Å². The van der Waals surface area contributed by atoms with Crippen molar-refractivity contribution in [2.75, 3.05) is 20.1 Å². The van der Waals surface area contributed by atoms with E-state index in [0.29, 0.717) is 17.1 Å². The van der Waals surface area contributed by atoms with Gasteiger partial charge in [-0.2, -0.15) is 0 Å². The van der Waals surface area contributed by atoms with Crippen LogP contribution >= 0.6 is 0 Å². The molecular formula is C19H15NO5. The molecule has 1 N–H and O–H groups in total. The molecule has 2 aromatic rings. The lowest BCUT2D eigenvalue weighted by Gasteiger charge is -2.22. The van der Waals surface area contributed by atoms with Crippen molar-refractivity contribution in [1.29, 1.82) is 0 Å². The monoisotopic (exact) mass is 337 g/mol. The van der Waals surface area contributed by atoms with Crippen LogP contribution in [-0.2, 0) is 6.42 Å². The molecule has 0 saturated heterocycles. The van der Waals surface area contributed by atoms with Gasteiger partial charge in [0.2, 0.25) is 13.6 Å². The second kappa shape index (κ2) is 5.44. The molecule has 126 valence electrons. The summed E-state index contributed by atoms with van der Waals surface area (Å²) < 4.78 is 21.8. The molecule has 3 heterocycles. The van der Waals surface area contributed by atoms with Crippen LogP contribution in [0.25, 0.3) is 11.8 Å². The maximum atomic E-state index is 11.6. The van der Waals surface area contributed by atoms with E-state index in [1.54, 1.807) is 0 Å². The van der Waals surface area contributed by atoms with Crippen molar-refractivity contribution >= 4 is 18.1 Å². The van der Waals surface area contributed by atoms with E-state index in [2.05, 4.69) is 5.32 Å². The number of fused-ring (bicyclic) bond motifs is 3. The van der Waals surface area contributed by atoms with Crippen LogP contribution in [0.15, 0.2) is 24.3 Å². The van der Waals surface area contributed by atoms with Crippen LogP contribution in [0.1, 0.15) is 27.0 Å². The minimum atomic E-state index is 0.140. The van der Waals surface area contributed by atoms with E-state index in [0.717, 1.165) is 47.6 Å². The molecule has 0 amide bonds. The topological polar surface area (TPSA) is 66.0 Å². The van der Waals surface area contributed by atoms with E-state index in [9.17, 15) is 4.79 Å². The summed E-state index contributed by atoms with van der Waals surface area (Å²) in [5.41, 5.74) is 4.48. The fourth-order valence-corrected chi connectivity index (χ4v) is 3.41. The smallest absolute Gasteiger partial charge is 0.231 e. The largest absolute Gasteiger partial charge is 0.454 e. The Hall–Kier alpha value is -3.15. The normalized spacial score (nSPS) is 18.0. The lowest BCUT2D eigenvalue weighted by molar-refractivity contribution is 0.111. The third-order valence-electron chi connectivity index (χ3n) is 4.63. The van der Waals surface area contributed by atoms with Gasteiger partial charge in [-0.25, -0.2) is 0 Å². The van der Waals surface area contributed by atoms with E-state index in [1.807, 2.05) is 30.3 Å². The molecule has 0 spiro atoms.